The van der Waals surface area contributed by atoms with Gasteiger partial charge in [0.05, 0.1) is 15.2 Å². The number of nitrogens with one attached hydrogen (secondary N) is 3. The van der Waals surface area contributed by atoms with Gasteiger partial charge in [0, 0.05) is 42.6 Å². The number of thiazole rings is 1. The number of halogens is 1. The number of carbonyl (C=O) groups is 3. The third-order valence-electron chi connectivity index (χ3n) is 7.84. The molecule has 0 bridgehead atoms. The number of hydrogen-bond acceptors (Lipinski definition) is 6. The van der Waals surface area contributed by atoms with Gasteiger partial charge in [-0.2, -0.15) is 0 Å². The molecule has 3 amide bonds. The van der Waals surface area contributed by atoms with Gasteiger partial charge in [0.2, 0.25) is 17.7 Å². The molecule has 1 heterocycles. The van der Waals surface area contributed by atoms with Gasteiger partial charge in [-0.1, -0.05) is 25.1 Å². The number of hydrogen-bond donors (Lipinski definition) is 3. The lowest BCUT2D eigenvalue weighted by Crippen LogP contribution is -2.55. The number of fused-ring (bicyclic) bond motifs is 2. The first-order valence-corrected chi connectivity index (χ1v) is 15.1. The quantitative estimate of drug-likeness (QED) is 0.334. The summed E-state index contributed by atoms with van der Waals surface area (Å²) in [6.45, 7) is 6.47. The summed E-state index contributed by atoms with van der Waals surface area (Å²) in [5, 5.41) is 10.5. The maximum atomic E-state index is 13.7. The second-order valence-corrected chi connectivity index (χ2v) is 12.8. The van der Waals surface area contributed by atoms with Crippen molar-refractivity contribution in [3.8, 4) is 0 Å². The molecular formula is C29H40ClN5O3S. The number of benzene rings is 1. The summed E-state index contributed by atoms with van der Waals surface area (Å²) >= 11 is 7.61. The fourth-order valence-corrected chi connectivity index (χ4v) is 6.82. The average molecular weight is 574 g/mol. The van der Waals surface area contributed by atoms with Gasteiger partial charge in [-0.25, -0.2) is 4.98 Å². The minimum atomic E-state index is -0.769. The van der Waals surface area contributed by atoms with Crippen molar-refractivity contribution in [2.24, 2.45) is 17.8 Å². The number of nitrogens with zero attached hydrogens (tertiary/aromatic N) is 2. The van der Waals surface area contributed by atoms with Crippen molar-refractivity contribution >= 4 is 50.9 Å². The Morgan fingerprint density at radius 1 is 1.15 bits per heavy atom. The lowest BCUT2D eigenvalue weighted by molar-refractivity contribution is -0.129. The van der Waals surface area contributed by atoms with Crippen LogP contribution in [0.15, 0.2) is 30.4 Å². The van der Waals surface area contributed by atoms with E-state index in [1.807, 2.05) is 31.1 Å². The van der Waals surface area contributed by atoms with Gasteiger partial charge in [-0.15, -0.1) is 11.3 Å². The van der Waals surface area contributed by atoms with Crippen molar-refractivity contribution in [2.45, 2.75) is 64.0 Å². The van der Waals surface area contributed by atoms with E-state index in [1.165, 1.54) is 17.8 Å². The van der Waals surface area contributed by atoms with Crippen LogP contribution in [0.25, 0.3) is 10.2 Å². The van der Waals surface area contributed by atoms with Gasteiger partial charge in [0.25, 0.3) is 0 Å². The van der Waals surface area contributed by atoms with Gasteiger partial charge < -0.3 is 20.9 Å². The van der Waals surface area contributed by atoms with Crippen LogP contribution in [0.3, 0.4) is 0 Å². The van der Waals surface area contributed by atoms with Crippen molar-refractivity contribution in [1.82, 2.24) is 25.8 Å². The minimum Gasteiger partial charge on any atom is -0.350 e. The van der Waals surface area contributed by atoms with Crippen molar-refractivity contribution in [1.29, 1.82) is 0 Å². The summed E-state index contributed by atoms with van der Waals surface area (Å²) in [6, 6.07) is 4.50. The van der Waals surface area contributed by atoms with Crippen LogP contribution >= 0.6 is 22.9 Å². The van der Waals surface area contributed by atoms with Crippen LogP contribution in [0.2, 0.25) is 5.02 Å². The first kappa shape index (κ1) is 29.5. The molecule has 3 N–H and O–H groups in total. The zero-order valence-corrected chi connectivity index (χ0v) is 24.7. The van der Waals surface area contributed by atoms with E-state index in [0.29, 0.717) is 23.7 Å². The van der Waals surface area contributed by atoms with E-state index in [1.54, 1.807) is 13.0 Å². The molecule has 212 valence electrons. The maximum Gasteiger partial charge on any atom is 0.247 e. The second kappa shape index (κ2) is 13.2. The summed E-state index contributed by atoms with van der Waals surface area (Å²) in [7, 11) is 3.78. The summed E-state index contributed by atoms with van der Waals surface area (Å²) in [4.78, 5) is 45.4. The Bertz CT molecular complexity index is 1200. The van der Waals surface area contributed by atoms with Crippen LogP contribution in [0, 0.1) is 17.8 Å². The minimum absolute atomic E-state index is 0.196. The van der Waals surface area contributed by atoms with Crippen LogP contribution in [0.5, 0.6) is 0 Å². The Morgan fingerprint density at radius 3 is 2.54 bits per heavy atom. The lowest BCUT2D eigenvalue weighted by Gasteiger charge is -2.30. The van der Waals surface area contributed by atoms with E-state index in [-0.39, 0.29) is 42.5 Å². The van der Waals surface area contributed by atoms with Gasteiger partial charge in [-0.05, 0) is 82.2 Å². The van der Waals surface area contributed by atoms with Crippen molar-refractivity contribution < 1.29 is 14.4 Å². The number of carbonyl (C=O) groups excluding carboxylic acids is 3. The molecule has 0 saturated heterocycles. The monoisotopic (exact) mass is 573 g/mol. The third-order valence-corrected chi connectivity index (χ3v) is 9.11. The molecule has 2 aromatic rings. The highest BCUT2D eigenvalue weighted by Crippen LogP contribution is 2.49. The molecule has 0 spiro atoms. The molecule has 1 aromatic heterocycles. The van der Waals surface area contributed by atoms with E-state index in [2.05, 4.69) is 27.5 Å². The molecule has 2 aliphatic carbocycles. The molecule has 2 saturated carbocycles. The van der Waals surface area contributed by atoms with Crippen LogP contribution in [0.4, 0.5) is 0 Å². The van der Waals surface area contributed by atoms with Crippen LogP contribution in [0.1, 0.15) is 50.5 Å². The topological polar surface area (TPSA) is 103 Å². The summed E-state index contributed by atoms with van der Waals surface area (Å²) in [6.07, 6.45) is 6.24. The fraction of sp³-hybridized carbons (Fsp3) is 0.586. The van der Waals surface area contributed by atoms with Gasteiger partial charge in [-0.3, -0.25) is 14.4 Å². The van der Waals surface area contributed by atoms with Crippen molar-refractivity contribution in [3.05, 3.63) is 40.4 Å². The third kappa shape index (κ3) is 8.25. The molecule has 39 heavy (non-hydrogen) atoms. The van der Waals surface area contributed by atoms with E-state index >= 15 is 0 Å². The first-order chi connectivity index (χ1) is 18.6. The van der Waals surface area contributed by atoms with Crippen molar-refractivity contribution in [2.75, 3.05) is 27.2 Å². The highest BCUT2D eigenvalue weighted by atomic mass is 35.5. The van der Waals surface area contributed by atoms with E-state index in [9.17, 15) is 14.4 Å². The Morgan fingerprint density at radius 2 is 1.87 bits per heavy atom. The Labute approximate surface area is 239 Å². The number of aromatic nitrogens is 1. The zero-order chi connectivity index (χ0) is 28.1. The second-order valence-electron chi connectivity index (χ2n) is 11.2. The Kier molecular flexibility index (Phi) is 10.0. The van der Waals surface area contributed by atoms with Gasteiger partial charge in [0.1, 0.15) is 6.04 Å². The predicted octanol–water partition coefficient (Wildman–Crippen LogP) is 3.93. The van der Waals surface area contributed by atoms with Gasteiger partial charge in [0.15, 0.2) is 0 Å². The standard InChI is InChI=1S/C29H40ClN5O3S/c1-5-26(36)32-23(14-27-33-22-11-10-21(30)13-25(22)39-27)29(38)34-24(15-31-28(37)17(2)16-35(3)4)18-6-8-19-12-20(19)9-7-18/h10-11,13,18-20,23-24H,2,5-9,12,14-16H2,1,3-4H3,(H,31,37)(H,32,36)(H,34,38)/t18?,19?,20?,23-,24+/m0/s1. The fourth-order valence-electron chi connectivity index (χ4n) is 5.53. The van der Waals surface area contributed by atoms with Crippen LogP contribution in [-0.4, -0.2) is 66.9 Å². The van der Waals surface area contributed by atoms with Crippen LogP contribution in [-0.2, 0) is 20.8 Å². The summed E-state index contributed by atoms with van der Waals surface area (Å²) in [5.41, 5.74) is 1.30. The van der Waals surface area contributed by atoms with E-state index in [0.717, 1.165) is 52.7 Å². The smallest absolute Gasteiger partial charge is 0.247 e. The molecule has 2 fully saturated rings. The molecule has 0 aliphatic heterocycles. The molecular weight excluding hydrogens is 534 g/mol. The molecule has 4 rings (SSSR count). The molecule has 10 heteroatoms. The first-order valence-electron chi connectivity index (χ1n) is 13.9. The number of rotatable bonds is 12. The van der Waals surface area contributed by atoms with E-state index in [4.69, 9.17) is 11.6 Å². The lowest BCUT2D eigenvalue weighted by atomic mass is 9.90. The molecule has 1 aromatic carbocycles. The summed E-state index contributed by atoms with van der Waals surface area (Å²) < 4.78 is 0.939. The average Bonchev–Trinajstić information content (AvgIpc) is 3.57. The Hall–Kier alpha value is -2.49. The Balaban J connectivity index is 1.48. The highest BCUT2D eigenvalue weighted by Gasteiger charge is 2.41. The zero-order valence-electron chi connectivity index (χ0n) is 23.1. The van der Waals surface area contributed by atoms with Gasteiger partial charge >= 0.3 is 0 Å². The molecule has 2 aliphatic rings. The molecule has 2 unspecified atom stereocenters. The van der Waals surface area contributed by atoms with Crippen molar-refractivity contribution in [3.63, 3.8) is 0 Å². The number of likely N-dealkylation sites (N-methyl/N-ethyl adjacent to an activating group) is 1. The molecule has 4 atom stereocenters. The highest BCUT2D eigenvalue weighted by molar-refractivity contribution is 7.18. The maximum absolute atomic E-state index is 13.7. The van der Waals surface area contributed by atoms with E-state index < -0.39 is 6.04 Å². The SMILES string of the molecule is C=C(CN(C)C)C(=O)NC[C@@H](NC(=O)[C@H](Cc1nc2ccc(Cl)cc2s1)NC(=O)CC)C1CCC2CC2CC1. The normalized spacial score (nSPS) is 21.9. The largest absolute Gasteiger partial charge is 0.350 e. The molecule has 0 radical (unpaired) electrons. The van der Waals surface area contributed by atoms with Crippen LogP contribution < -0.4 is 16.0 Å². The number of amides is 3. The molecule has 8 nitrogen and oxygen atoms in total. The summed E-state index contributed by atoms with van der Waals surface area (Å²) in [5.74, 6) is 1.23. The predicted molar refractivity (Wildman–Crippen MR) is 157 cm³/mol.